The van der Waals surface area contributed by atoms with Gasteiger partial charge in [-0.15, -0.1) is 0 Å². The Labute approximate surface area is 113 Å². The lowest BCUT2D eigenvalue weighted by Crippen LogP contribution is -2.31. The Bertz CT molecular complexity index is 450. The lowest BCUT2D eigenvalue weighted by molar-refractivity contribution is -0.120. The monoisotopic (exact) mass is 266 g/mol. The van der Waals surface area contributed by atoms with Crippen LogP contribution < -0.4 is 5.32 Å². The van der Waals surface area contributed by atoms with Crippen molar-refractivity contribution in [2.75, 3.05) is 19.6 Å². The molecule has 1 amide bonds. The Morgan fingerprint density at radius 1 is 1.37 bits per heavy atom. The molecule has 1 unspecified atom stereocenters. The molecule has 1 atom stereocenters. The van der Waals surface area contributed by atoms with E-state index < -0.39 is 0 Å². The summed E-state index contributed by atoms with van der Waals surface area (Å²) in [5, 5.41) is 6.91. The zero-order valence-electron chi connectivity index (χ0n) is 12.1. The third kappa shape index (κ3) is 3.32. The third-order valence-electron chi connectivity index (χ3n) is 3.36. The van der Waals surface area contributed by atoms with Crippen LogP contribution in [0.3, 0.4) is 0 Å². The third-order valence-corrected chi connectivity index (χ3v) is 3.36. The van der Waals surface area contributed by atoms with Crippen LogP contribution in [-0.2, 0) is 10.2 Å². The first-order valence-corrected chi connectivity index (χ1v) is 6.73. The van der Waals surface area contributed by atoms with Crippen LogP contribution in [-0.4, -0.2) is 40.6 Å². The fraction of sp³-hybridized carbons (Fsp3) is 0.769. The van der Waals surface area contributed by atoms with E-state index in [-0.39, 0.29) is 17.4 Å². The van der Waals surface area contributed by atoms with Crippen LogP contribution in [0.4, 0.5) is 0 Å². The lowest BCUT2D eigenvalue weighted by atomic mass is 9.96. The zero-order chi connectivity index (χ0) is 14.0. The molecule has 0 radical (unpaired) electrons. The average Bonchev–Trinajstić information content (AvgIpc) is 2.73. The number of hydrogen-bond donors (Lipinski definition) is 1. The van der Waals surface area contributed by atoms with E-state index in [1.165, 1.54) is 0 Å². The Hall–Kier alpha value is -1.43. The molecule has 0 aromatic carbocycles. The maximum atomic E-state index is 11.3. The van der Waals surface area contributed by atoms with Crippen LogP contribution in [0.25, 0.3) is 0 Å². The van der Waals surface area contributed by atoms with Crippen LogP contribution in [0.5, 0.6) is 0 Å². The molecule has 1 aromatic heterocycles. The van der Waals surface area contributed by atoms with Gasteiger partial charge in [-0.1, -0.05) is 25.9 Å². The van der Waals surface area contributed by atoms with Crippen molar-refractivity contribution in [1.82, 2.24) is 20.4 Å². The first-order chi connectivity index (χ1) is 8.88. The van der Waals surface area contributed by atoms with Gasteiger partial charge >= 0.3 is 0 Å². The Kier molecular flexibility index (Phi) is 3.89. The van der Waals surface area contributed by atoms with E-state index in [4.69, 9.17) is 4.52 Å². The molecule has 2 heterocycles. The quantitative estimate of drug-likeness (QED) is 0.872. The van der Waals surface area contributed by atoms with Crippen molar-refractivity contribution >= 4 is 5.91 Å². The molecule has 19 heavy (non-hydrogen) atoms. The summed E-state index contributed by atoms with van der Waals surface area (Å²) in [5.74, 6) is 1.45. The minimum absolute atomic E-state index is 0.0382. The van der Waals surface area contributed by atoms with Gasteiger partial charge in [0.15, 0.2) is 5.82 Å². The van der Waals surface area contributed by atoms with Crippen LogP contribution in [0.2, 0.25) is 0 Å². The summed E-state index contributed by atoms with van der Waals surface area (Å²) < 4.78 is 5.37. The van der Waals surface area contributed by atoms with Gasteiger partial charge in [0.2, 0.25) is 11.8 Å². The molecule has 1 N–H and O–H groups in total. The van der Waals surface area contributed by atoms with Gasteiger partial charge in [-0.25, -0.2) is 0 Å². The highest BCUT2D eigenvalue weighted by molar-refractivity contribution is 5.76. The van der Waals surface area contributed by atoms with E-state index in [0.29, 0.717) is 18.9 Å². The number of rotatable bonds is 2. The van der Waals surface area contributed by atoms with Gasteiger partial charge in [0.25, 0.3) is 0 Å². The number of aromatic nitrogens is 2. The van der Waals surface area contributed by atoms with Crippen LogP contribution in [0, 0.1) is 0 Å². The highest BCUT2D eigenvalue weighted by Gasteiger charge is 2.27. The van der Waals surface area contributed by atoms with Gasteiger partial charge in [0.1, 0.15) is 0 Å². The summed E-state index contributed by atoms with van der Waals surface area (Å²) in [5.41, 5.74) is -0.113. The van der Waals surface area contributed by atoms with Gasteiger partial charge in [-0.2, -0.15) is 4.98 Å². The number of carbonyl (C=O) groups excluding carboxylic acids is 1. The zero-order valence-corrected chi connectivity index (χ0v) is 12.1. The molecule has 1 aliphatic rings. The fourth-order valence-corrected chi connectivity index (χ4v) is 2.04. The van der Waals surface area contributed by atoms with Crippen molar-refractivity contribution in [2.45, 2.75) is 45.6 Å². The summed E-state index contributed by atoms with van der Waals surface area (Å²) >= 11 is 0. The maximum absolute atomic E-state index is 11.3. The first kappa shape index (κ1) is 14.0. The summed E-state index contributed by atoms with van der Waals surface area (Å²) in [6, 6.07) is 0.0382. The molecule has 2 rings (SSSR count). The van der Waals surface area contributed by atoms with Crippen molar-refractivity contribution in [3.05, 3.63) is 11.7 Å². The summed E-state index contributed by atoms with van der Waals surface area (Å²) in [4.78, 5) is 18.0. The number of amides is 1. The van der Waals surface area contributed by atoms with Gasteiger partial charge in [-0.05, 0) is 6.92 Å². The second-order valence-electron chi connectivity index (χ2n) is 6.02. The number of nitrogens with one attached hydrogen (secondary N) is 1. The van der Waals surface area contributed by atoms with Crippen molar-refractivity contribution in [3.63, 3.8) is 0 Å². The standard InChI is InChI=1S/C13H22N4O2/c1-9(17-7-5-10(18)14-6-8-17)11-15-12(16-19-11)13(2,3)4/h9H,5-8H2,1-4H3,(H,14,18). The molecule has 1 aromatic rings. The molecule has 1 saturated heterocycles. The summed E-state index contributed by atoms with van der Waals surface area (Å²) in [6.07, 6.45) is 0.518. The Morgan fingerprint density at radius 2 is 2.11 bits per heavy atom. The maximum Gasteiger partial charge on any atom is 0.243 e. The first-order valence-electron chi connectivity index (χ1n) is 6.73. The molecule has 6 nitrogen and oxygen atoms in total. The van der Waals surface area contributed by atoms with Crippen molar-refractivity contribution in [1.29, 1.82) is 0 Å². The predicted molar refractivity (Wildman–Crippen MR) is 70.6 cm³/mol. The van der Waals surface area contributed by atoms with Crippen LogP contribution in [0.1, 0.15) is 51.9 Å². The van der Waals surface area contributed by atoms with Gasteiger partial charge in [0, 0.05) is 31.5 Å². The van der Waals surface area contributed by atoms with E-state index in [9.17, 15) is 4.79 Å². The van der Waals surface area contributed by atoms with E-state index in [0.717, 1.165) is 18.9 Å². The Morgan fingerprint density at radius 3 is 2.74 bits per heavy atom. The molecule has 0 saturated carbocycles. The SMILES string of the molecule is CC(c1nc(C(C)(C)C)no1)N1CCNC(=O)CC1. The van der Waals surface area contributed by atoms with Gasteiger partial charge in [0.05, 0.1) is 6.04 Å². The number of hydrogen-bond acceptors (Lipinski definition) is 5. The summed E-state index contributed by atoms with van der Waals surface area (Å²) in [7, 11) is 0. The second-order valence-corrected chi connectivity index (χ2v) is 6.02. The molecule has 0 bridgehead atoms. The largest absolute Gasteiger partial charge is 0.355 e. The molecular weight excluding hydrogens is 244 g/mol. The van der Waals surface area contributed by atoms with Gasteiger partial charge in [-0.3, -0.25) is 9.69 Å². The minimum Gasteiger partial charge on any atom is -0.355 e. The van der Waals surface area contributed by atoms with Crippen molar-refractivity contribution < 1.29 is 9.32 Å². The van der Waals surface area contributed by atoms with Crippen LogP contribution in [0.15, 0.2) is 4.52 Å². The molecule has 106 valence electrons. The smallest absolute Gasteiger partial charge is 0.243 e. The van der Waals surface area contributed by atoms with E-state index in [1.807, 2.05) is 6.92 Å². The lowest BCUT2D eigenvalue weighted by Gasteiger charge is -2.23. The molecule has 1 aliphatic heterocycles. The van der Waals surface area contributed by atoms with E-state index in [2.05, 4.69) is 41.1 Å². The molecule has 6 heteroatoms. The average molecular weight is 266 g/mol. The van der Waals surface area contributed by atoms with Gasteiger partial charge < -0.3 is 9.84 Å². The van der Waals surface area contributed by atoms with Crippen molar-refractivity contribution in [2.24, 2.45) is 0 Å². The number of nitrogens with zero attached hydrogens (tertiary/aromatic N) is 3. The predicted octanol–water partition coefficient (Wildman–Crippen LogP) is 1.25. The Balaban J connectivity index is 2.08. The normalized spacial score (nSPS) is 19.9. The van der Waals surface area contributed by atoms with E-state index in [1.54, 1.807) is 0 Å². The second kappa shape index (κ2) is 5.28. The molecule has 0 spiro atoms. The molecule has 0 aliphatic carbocycles. The number of carbonyl (C=O) groups is 1. The highest BCUT2D eigenvalue weighted by atomic mass is 16.5. The highest BCUT2D eigenvalue weighted by Crippen LogP contribution is 2.23. The van der Waals surface area contributed by atoms with E-state index >= 15 is 0 Å². The topological polar surface area (TPSA) is 71.3 Å². The summed E-state index contributed by atoms with van der Waals surface area (Å²) in [6.45, 7) is 10.4. The molecule has 1 fully saturated rings. The van der Waals surface area contributed by atoms with Crippen molar-refractivity contribution in [3.8, 4) is 0 Å². The minimum atomic E-state index is -0.113. The van der Waals surface area contributed by atoms with Crippen LogP contribution >= 0.6 is 0 Å². The fourth-order valence-electron chi connectivity index (χ4n) is 2.04. The molecular formula is C13H22N4O2.